The normalized spacial score (nSPS) is 10.8. The van der Waals surface area contributed by atoms with Crippen LogP contribution in [0.15, 0.2) is 59.3 Å². The van der Waals surface area contributed by atoms with Crippen molar-refractivity contribution >= 4 is 11.9 Å². The van der Waals surface area contributed by atoms with Crippen LogP contribution >= 0.6 is 0 Å². The summed E-state index contributed by atoms with van der Waals surface area (Å²) in [6.07, 6.45) is 1.51. The van der Waals surface area contributed by atoms with Crippen molar-refractivity contribution in [2.75, 3.05) is 0 Å². The summed E-state index contributed by atoms with van der Waals surface area (Å²) in [4.78, 5) is 23.2. The van der Waals surface area contributed by atoms with Gasteiger partial charge in [-0.2, -0.15) is 0 Å². The van der Waals surface area contributed by atoms with Crippen LogP contribution in [0.5, 0.6) is 5.75 Å². The molecule has 0 bridgehead atoms. The molecule has 0 spiro atoms. The number of aromatic carboxylic acids is 1. The highest BCUT2D eigenvalue weighted by Gasteiger charge is 2.17. The molecule has 0 saturated carbocycles. The Labute approximate surface area is 190 Å². The summed E-state index contributed by atoms with van der Waals surface area (Å²) < 4.78 is 38.7. The molecular weight excluding hydrogens is 452 g/mol. The molecule has 34 heavy (non-hydrogen) atoms. The summed E-state index contributed by atoms with van der Waals surface area (Å²) in [5.74, 6) is -2.30. The van der Waals surface area contributed by atoms with Crippen LogP contribution in [0, 0.1) is 11.6 Å². The minimum Gasteiger partial charge on any atom is -0.486 e. The molecule has 4 rings (SSSR count). The Morgan fingerprint density at radius 2 is 1.85 bits per heavy atom. The number of hydrogen-bond donors (Lipinski definition) is 2. The number of aromatic nitrogens is 4. The Kier molecular flexibility index (Phi) is 6.57. The van der Waals surface area contributed by atoms with Crippen LogP contribution in [-0.4, -0.2) is 37.1 Å². The standard InChI is InChI=1S/C22H17F2N5O5/c23-14-3-1-13(2-4-14)9-25-21(30)11-29-10-16(26-28-29)12-33-19-6-5-15(24)7-17(19)20-8-18(22(31)32)27-34-20/h1-8,10H,9,11-12H2,(H,25,30)(H,31,32). The van der Waals surface area contributed by atoms with Crippen molar-refractivity contribution in [1.82, 2.24) is 25.5 Å². The second-order valence-electron chi connectivity index (χ2n) is 7.12. The average Bonchev–Trinajstić information content (AvgIpc) is 3.48. The van der Waals surface area contributed by atoms with Gasteiger partial charge >= 0.3 is 5.97 Å². The lowest BCUT2D eigenvalue weighted by Gasteiger charge is -2.08. The molecule has 10 nitrogen and oxygen atoms in total. The van der Waals surface area contributed by atoms with Crippen LogP contribution in [0.25, 0.3) is 11.3 Å². The van der Waals surface area contributed by atoms with E-state index in [1.807, 2.05) is 0 Å². The molecule has 2 heterocycles. The van der Waals surface area contributed by atoms with Crippen molar-refractivity contribution in [2.24, 2.45) is 0 Å². The number of nitrogens with zero attached hydrogens (tertiary/aromatic N) is 4. The molecule has 174 valence electrons. The van der Waals surface area contributed by atoms with E-state index in [4.69, 9.17) is 14.4 Å². The molecule has 0 radical (unpaired) electrons. The SMILES string of the molecule is O=C(Cn1cc(COc2ccc(F)cc2-c2cc(C(=O)O)no2)nn1)NCc1ccc(F)cc1. The number of amides is 1. The van der Waals surface area contributed by atoms with Crippen molar-refractivity contribution in [2.45, 2.75) is 19.7 Å². The molecule has 0 atom stereocenters. The fourth-order valence-corrected chi connectivity index (χ4v) is 2.96. The second-order valence-corrected chi connectivity index (χ2v) is 7.12. The topological polar surface area (TPSA) is 132 Å². The Bertz CT molecular complexity index is 1320. The average molecular weight is 469 g/mol. The molecule has 0 aliphatic heterocycles. The lowest BCUT2D eigenvalue weighted by atomic mass is 10.1. The number of benzene rings is 2. The van der Waals surface area contributed by atoms with Gasteiger partial charge in [0.2, 0.25) is 5.91 Å². The third kappa shape index (κ3) is 5.59. The third-order valence-electron chi connectivity index (χ3n) is 4.61. The number of halogens is 2. The molecule has 12 heteroatoms. The van der Waals surface area contributed by atoms with Crippen LogP contribution in [-0.2, 0) is 24.5 Å². The van der Waals surface area contributed by atoms with Crippen molar-refractivity contribution in [3.05, 3.63) is 83.3 Å². The predicted molar refractivity (Wildman–Crippen MR) is 111 cm³/mol. The molecule has 2 aromatic heterocycles. The van der Waals surface area contributed by atoms with Gasteiger partial charge in [0, 0.05) is 12.6 Å². The molecule has 4 aromatic rings. The molecule has 0 fully saturated rings. The van der Waals surface area contributed by atoms with Crippen molar-refractivity contribution in [3.63, 3.8) is 0 Å². The number of carbonyl (C=O) groups excluding carboxylic acids is 1. The second kappa shape index (κ2) is 9.90. The van der Waals surface area contributed by atoms with E-state index >= 15 is 0 Å². The summed E-state index contributed by atoms with van der Waals surface area (Å²) >= 11 is 0. The van der Waals surface area contributed by atoms with Gasteiger partial charge in [-0.15, -0.1) is 5.10 Å². The van der Waals surface area contributed by atoms with Gasteiger partial charge < -0.3 is 19.7 Å². The van der Waals surface area contributed by atoms with E-state index in [0.717, 1.165) is 17.7 Å². The molecule has 0 unspecified atom stereocenters. The summed E-state index contributed by atoms with van der Waals surface area (Å²) in [5.41, 5.74) is 0.989. The minimum absolute atomic E-state index is 0.0216. The maximum absolute atomic E-state index is 13.8. The van der Waals surface area contributed by atoms with Gasteiger partial charge in [-0.05, 0) is 35.9 Å². The number of carboxylic acid groups (broad SMARTS) is 1. The van der Waals surface area contributed by atoms with Gasteiger partial charge in [-0.25, -0.2) is 18.3 Å². The van der Waals surface area contributed by atoms with Gasteiger partial charge in [-0.1, -0.05) is 22.5 Å². The summed E-state index contributed by atoms with van der Waals surface area (Å²) in [6.45, 7) is 0.0874. The van der Waals surface area contributed by atoms with Crippen LogP contribution in [0.4, 0.5) is 8.78 Å². The molecule has 2 N–H and O–H groups in total. The maximum atomic E-state index is 13.8. The Balaban J connectivity index is 1.36. The van der Waals surface area contributed by atoms with Gasteiger partial charge in [0.05, 0.1) is 11.8 Å². The van der Waals surface area contributed by atoms with E-state index in [2.05, 4.69) is 20.8 Å². The van der Waals surface area contributed by atoms with Crippen molar-refractivity contribution in [3.8, 4) is 17.1 Å². The van der Waals surface area contributed by atoms with Gasteiger partial charge in [0.25, 0.3) is 0 Å². The first-order chi connectivity index (χ1) is 16.4. The van der Waals surface area contributed by atoms with Gasteiger partial charge in [-0.3, -0.25) is 4.79 Å². The predicted octanol–water partition coefficient (Wildman–Crippen LogP) is 2.80. The maximum Gasteiger partial charge on any atom is 0.358 e. The number of hydrogen-bond acceptors (Lipinski definition) is 7. The number of rotatable bonds is 9. The molecule has 2 aromatic carbocycles. The summed E-state index contributed by atoms with van der Waals surface area (Å²) in [6, 6.07) is 10.6. The number of carbonyl (C=O) groups is 2. The van der Waals surface area contributed by atoms with E-state index in [9.17, 15) is 18.4 Å². The highest BCUT2D eigenvalue weighted by Crippen LogP contribution is 2.32. The van der Waals surface area contributed by atoms with Gasteiger partial charge in [0.15, 0.2) is 11.5 Å². The number of nitrogens with one attached hydrogen (secondary N) is 1. The van der Waals surface area contributed by atoms with E-state index in [1.165, 1.54) is 35.1 Å². The highest BCUT2D eigenvalue weighted by molar-refractivity contribution is 5.86. The Hall–Kier alpha value is -4.61. The zero-order valence-corrected chi connectivity index (χ0v) is 17.4. The molecule has 0 saturated heterocycles. The zero-order valence-electron chi connectivity index (χ0n) is 17.4. The first-order valence-electron chi connectivity index (χ1n) is 9.90. The third-order valence-corrected chi connectivity index (χ3v) is 4.61. The minimum atomic E-state index is -1.29. The first-order valence-corrected chi connectivity index (χ1v) is 9.90. The van der Waals surface area contributed by atoms with Crippen LogP contribution < -0.4 is 10.1 Å². The first kappa shape index (κ1) is 22.6. The van der Waals surface area contributed by atoms with Crippen molar-refractivity contribution in [1.29, 1.82) is 0 Å². The summed E-state index contributed by atoms with van der Waals surface area (Å²) in [7, 11) is 0. The van der Waals surface area contributed by atoms with E-state index in [-0.39, 0.29) is 54.2 Å². The van der Waals surface area contributed by atoms with Crippen LogP contribution in [0.1, 0.15) is 21.7 Å². The van der Waals surface area contributed by atoms with E-state index < -0.39 is 11.8 Å². The number of ether oxygens (including phenoxy) is 1. The van der Waals surface area contributed by atoms with Crippen LogP contribution in [0.3, 0.4) is 0 Å². The van der Waals surface area contributed by atoms with E-state index in [1.54, 1.807) is 12.1 Å². The molecular formula is C22H17F2N5O5. The van der Waals surface area contributed by atoms with Crippen molar-refractivity contribution < 1.29 is 32.7 Å². The molecule has 0 aliphatic rings. The largest absolute Gasteiger partial charge is 0.486 e. The number of carboxylic acids is 1. The quantitative estimate of drug-likeness (QED) is 0.382. The highest BCUT2D eigenvalue weighted by atomic mass is 19.1. The monoisotopic (exact) mass is 469 g/mol. The van der Waals surface area contributed by atoms with E-state index in [0.29, 0.717) is 5.69 Å². The summed E-state index contributed by atoms with van der Waals surface area (Å²) in [5, 5.41) is 22.9. The van der Waals surface area contributed by atoms with Gasteiger partial charge in [0.1, 0.15) is 36.2 Å². The molecule has 0 aliphatic carbocycles. The fraction of sp³-hybridized carbons (Fsp3) is 0.136. The Morgan fingerprint density at radius 3 is 2.59 bits per heavy atom. The fourth-order valence-electron chi connectivity index (χ4n) is 2.96. The van der Waals surface area contributed by atoms with Crippen LogP contribution in [0.2, 0.25) is 0 Å². The molecule has 1 amide bonds. The lowest BCUT2D eigenvalue weighted by molar-refractivity contribution is -0.122. The lowest BCUT2D eigenvalue weighted by Crippen LogP contribution is -2.27. The zero-order chi connectivity index (χ0) is 24.1. The Morgan fingerprint density at radius 1 is 1.09 bits per heavy atom. The smallest absolute Gasteiger partial charge is 0.358 e.